The molecule has 2 aromatic carbocycles. The highest BCUT2D eigenvalue weighted by Gasteiger charge is 2.11. The first kappa shape index (κ1) is 19.3. The standard InChI is InChI=1S/C21H17BrN2O2/c1-2-12-26-20-9-8-19(22)14-17(20)13-18(15-23)21(25)24-11-10-16-6-4-3-5-7-16/h1,3-9,13-14H,10-12H2,(H,24,25)/b18-13+. The van der Waals surface area contributed by atoms with E-state index in [2.05, 4.69) is 27.2 Å². The topological polar surface area (TPSA) is 62.1 Å². The Morgan fingerprint density at radius 3 is 2.73 bits per heavy atom. The van der Waals surface area contributed by atoms with Gasteiger partial charge in [0.25, 0.3) is 5.91 Å². The number of nitrogens with zero attached hydrogens (tertiary/aromatic N) is 1. The van der Waals surface area contributed by atoms with Crippen LogP contribution in [0, 0.1) is 23.7 Å². The molecule has 0 aliphatic heterocycles. The molecule has 2 aromatic rings. The van der Waals surface area contributed by atoms with Crippen molar-refractivity contribution in [2.24, 2.45) is 0 Å². The van der Waals surface area contributed by atoms with Crippen LogP contribution in [0.25, 0.3) is 6.08 Å². The molecule has 1 N–H and O–H groups in total. The first-order valence-electron chi connectivity index (χ1n) is 7.93. The maximum atomic E-state index is 12.3. The SMILES string of the molecule is C#CCOc1ccc(Br)cc1/C=C(\C#N)C(=O)NCCc1ccccc1. The van der Waals surface area contributed by atoms with Gasteiger partial charge in [0, 0.05) is 16.6 Å². The van der Waals surface area contributed by atoms with E-state index in [1.807, 2.05) is 36.4 Å². The maximum Gasteiger partial charge on any atom is 0.261 e. The van der Waals surface area contributed by atoms with Crippen LogP contribution in [0.1, 0.15) is 11.1 Å². The number of carbonyl (C=O) groups excluding carboxylic acids is 1. The van der Waals surface area contributed by atoms with Gasteiger partial charge in [0.15, 0.2) is 0 Å². The molecule has 0 aromatic heterocycles. The fourth-order valence-corrected chi connectivity index (χ4v) is 2.63. The second kappa shape index (κ2) is 10.1. The van der Waals surface area contributed by atoms with Gasteiger partial charge in [0.05, 0.1) is 0 Å². The Kier molecular flexibility index (Phi) is 7.49. The number of hydrogen-bond acceptors (Lipinski definition) is 3. The lowest BCUT2D eigenvalue weighted by molar-refractivity contribution is -0.117. The molecule has 0 saturated heterocycles. The molecule has 130 valence electrons. The zero-order chi connectivity index (χ0) is 18.8. The van der Waals surface area contributed by atoms with E-state index in [-0.39, 0.29) is 12.2 Å². The van der Waals surface area contributed by atoms with E-state index >= 15 is 0 Å². The molecule has 5 heteroatoms. The van der Waals surface area contributed by atoms with Crippen LogP contribution in [0.15, 0.2) is 58.6 Å². The summed E-state index contributed by atoms with van der Waals surface area (Å²) in [5.74, 6) is 2.48. The minimum absolute atomic E-state index is 0.00159. The van der Waals surface area contributed by atoms with Crippen molar-refractivity contribution in [2.75, 3.05) is 13.2 Å². The van der Waals surface area contributed by atoms with Crippen LogP contribution in [0.3, 0.4) is 0 Å². The maximum absolute atomic E-state index is 12.3. The summed E-state index contributed by atoms with van der Waals surface area (Å²) < 4.78 is 6.27. The third-order valence-corrected chi connectivity index (χ3v) is 3.98. The molecular formula is C21H17BrN2O2. The molecule has 1 amide bonds. The zero-order valence-corrected chi connectivity index (χ0v) is 15.6. The summed E-state index contributed by atoms with van der Waals surface area (Å²) in [4.78, 5) is 12.3. The lowest BCUT2D eigenvalue weighted by Crippen LogP contribution is -2.26. The number of carbonyl (C=O) groups is 1. The van der Waals surface area contributed by atoms with Gasteiger partial charge in [-0.25, -0.2) is 0 Å². The van der Waals surface area contributed by atoms with Crippen LogP contribution >= 0.6 is 15.9 Å². The van der Waals surface area contributed by atoms with E-state index in [4.69, 9.17) is 11.2 Å². The van der Waals surface area contributed by atoms with Crippen LogP contribution in [0.5, 0.6) is 5.75 Å². The predicted molar refractivity (Wildman–Crippen MR) is 105 cm³/mol. The molecule has 0 radical (unpaired) electrons. The molecule has 0 saturated carbocycles. The van der Waals surface area contributed by atoms with Gasteiger partial charge >= 0.3 is 0 Å². The van der Waals surface area contributed by atoms with Gasteiger partial charge < -0.3 is 10.1 Å². The van der Waals surface area contributed by atoms with E-state index in [0.717, 1.165) is 10.0 Å². The van der Waals surface area contributed by atoms with Gasteiger partial charge in [0.1, 0.15) is 24.0 Å². The molecule has 0 aliphatic carbocycles. The molecule has 2 rings (SSSR count). The highest BCUT2D eigenvalue weighted by molar-refractivity contribution is 9.10. The zero-order valence-electron chi connectivity index (χ0n) is 14.0. The number of nitrogens with one attached hydrogen (secondary N) is 1. The van der Waals surface area contributed by atoms with Crippen molar-refractivity contribution in [1.82, 2.24) is 5.32 Å². The Hall–Kier alpha value is -3.02. The molecule has 4 nitrogen and oxygen atoms in total. The summed E-state index contributed by atoms with van der Waals surface area (Å²) in [6.07, 6.45) is 7.41. The summed E-state index contributed by atoms with van der Waals surface area (Å²) in [6.45, 7) is 0.550. The van der Waals surface area contributed by atoms with E-state index < -0.39 is 5.91 Å². The van der Waals surface area contributed by atoms with E-state index in [1.54, 1.807) is 18.2 Å². The Balaban J connectivity index is 2.09. The normalized spacial score (nSPS) is 10.5. The van der Waals surface area contributed by atoms with Gasteiger partial charge in [-0.2, -0.15) is 5.26 Å². The monoisotopic (exact) mass is 408 g/mol. The molecule has 0 bridgehead atoms. The third kappa shape index (κ3) is 5.81. The van der Waals surface area contributed by atoms with E-state index in [9.17, 15) is 10.1 Å². The Labute approximate surface area is 161 Å². The minimum atomic E-state index is -0.425. The van der Waals surface area contributed by atoms with Crippen LogP contribution in [0.2, 0.25) is 0 Å². The quantitative estimate of drug-likeness (QED) is 0.431. The van der Waals surface area contributed by atoms with Gasteiger partial charge in [-0.1, -0.05) is 52.2 Å². The summed E-state index contributed by atoms with van der Waals surface area (Å²) in [5, 5.41) is 12.1. The lowest BCUT2D eigenvalue weighted by atomic mass is 10.1. The average Bonchev–Trinajstić information content (AvgIpc) is 2.66. The number of rotatable bonds is 7. The molecule has 0 heterocycles. The number of ether oxygens (including phenoxy) is 1. The summed E-state index contributed by atoms with van der Waals surface area (Å²) in [6, 6.07) is 17.1. The second-order valence-corrected chi connectivity index (χ2v) is 6.25. The number of nitriles is 1. The second-order valence-electron chi connectivity index (χ2n) is 5.34. The van der Waals surface area contributed by atoms with Gasteiger partial charge in [-0.3, -0.25) is 4.79 Å². The smallest absolute Gasteiger partial charge is 0.261 e. The Morgan fingerprint density at radius 1 is 1.27 bits per heavy atom. The van der Waals surface area contributed by atoms with Crippen molar-refractivity contribution >= 4 is 27.9 Å². The van der Waals surface area contributed by atoms with Crippen LogP contribution in [-0.2, 0) is 11.2 Å². The minimum Gasteiger partial charge on any atom is -0.480 e. The van der Waals surface area contributed by atoms with Gasteiger partial charge in [-0.05, 0) is 36.3 Å². The molecule has 0 unspecified atom stereocenters. The number of amides is 1. The Bertz CT molecular complexity index is 877. The highest BCUT2D eigenvalue weighted by atomic mass is 79.9. The van der Waals surface area contributed by atoms with Crippen molar-refractivity contribution in [3.8, 4) is 24.2 Å². The largest absolute Gasteiger partial charge is 0.480 e. The Morgan fingerprint density at radius 2 is 2.04 bits per heavy atom. The van der Waals surface area contributed by atoms with E-state index in [1.165, 1.54) is 6.08 Å². The van der Waals surface area contributed by atoms with Crippen LogP contribution < -0.4 is 10.1 Å². The molecule has 26 heavy (non-hydrogen) atoms. The third-order valence-electron chi connectivity index (χ3n) is 3.49. The lowest BCUT2D eigenvalue weighted by Gasteiger charge is -2.08. The molecule has 0 spiro atoms. The van der Waals surface area contributed by atoms with Gasteiger partial charge in [0.2, 0.25) is 0 Å². The average molecular weight is 409 g/mol. The van der Waals surface area contributed by atoms with Crippen molar-refractivity contribution in [2.45, 2.75) is 6.42 Å². The molecule has 0 aliphatic rings. The fraction of sp³-hybridized carbons (Fsp3) is 0.143. The highest BCUT2D eigenvalue weighted by Crippen LogP contribution is 2.25. The summed E-state index contributed by atoms with van der Waals surface area (Å²) >= 11 is 3.37. The van der Waals surface area contributed by atoms with Crippen molar-refractivity contribution in [3.63, 3.8) is 0 Å². The number of terminal acetylenes is 1. The van der Waals surface area contributed by atoms with Crippen molar-refractivity contribution in [1.29, 1.82) is 5.26 Å². The molecule has 0 fully saturated rings. The predicted octanol–water partition coefficient (Wildman–Crippen LogP) is 3.73. The van der Waals surface area contributed by atoms with Crippen LogP contribution in [-0.4, -0.2) is 19.1 Å². The van der Waals surface area contributed by atoms with E-state index in [0.29, 0.717) is 24.3 Å². The van der Waals surface area contributed by atoms with Crippen LogP contribution in [0.4, 0.5) is 0 Å². The van der Waals surface area contributed by atoms with Crippen molar-refractivity contribution < 1.29 is 9.53 Å². The number of benzene rings is 2. The first-order valence-corrected chi connectivity index (χ1v) is 8.73. The number of halogens is 1. The first-order chi connectivity index (χ1) is 12.6. The molecular weight excluding hydrogens is 392 g/mol. The van der Waals surface area contributed by atoms with Crippen molar-refractivity contribution in [3.05, 3.63) is 69.7 Å². The molecule has 0 atom stereocenters. The number of hydrogen-bond donors (Lipinski definition) is 1. The summed E-state index contributed by atoms with van der Waals surface area (Å²) in [7, 11) is 0. The van der Waals surface area contributed by atoms with Gasteiger partial charge in [-0.15, -0.1) is 6.42 Å². The fourth-order valence-electron chi connectivity index (χ4n) is 2.25. The summed E-state index contributed by atoms with van der Waals surface area (Å²) in [5.41, 5.74) is 1.72.